The van der Waals surface area contributed by atoms with E-state index < -0.39 is 23.2 Å². The number of carbonyl (C=O) groups is 1. The maximum Gasteiger partial charge on any atom is 0.417 e. The molecule has 0 aliphatic carbocycles. The largest absolute Gasteiger partial charge is 0.417 e. The highest BCUT2D eigenvalue weighted by molar-refractivity contribution is 6.00. The second-order valence-corrected chi connectivity index (χ2v) is 5.99. The fraction of sp³-hybridized carbons (Fsp3) is 0.105. The molecule has 1 N–H and O–H groups in total. The van der Waals surface area contributed by atoms with E-state index in [1.54, 1.807) is 30.6 Å². The molecule has 10 heteroatoms. The van der Waals surface area contributed by atoms with Crippen LogP contribution in [0.2, 0.25) is 0 Å². The zero-order valence-corrected chi connectivity index (χ0v) is 14.6. The van der Waals surface area contributed by atoms with Crippen molar-refractivity contribution in [2.24, 2.45) is 0 Å². The molecule has 0 bridgehead atoms. The van der Waals surface area contributed by atoms with Gasteiger partial charge in [-0.3, -0.25) is 14.8 Å². The second kappa shape index (κ2) is 7.30. The van der Waals surface area contributed by atoms with Gasteiger partial charge in [0.25, 0.3) is 5.91 Å². The third-order valence-electron chi connectivity index (χ3n) is 4.11. The lowest BCUT2D eigenvalue weighted by atomic mass is 10.0. The number of carbonyl (C=O) groups excluding carboxylic acids is 1. The minimum atomic E-state index is -4.73. The highest BCUT2D eigenvalue weighted by Gasteiger charge is 2.37. The Morgan fingerprint density at radius 3 is 2.62 bits per heavy atom. The summed E-state index contributed by atoms with van der Waals surface area (Å²) in [5.41, 5.74) is -0.816. The Bertz CT molecular complexity index is 1180. The number of hydrogen-bond donors (Lipinski definition) is 1. The Hall–Kier alpha value is -3.82. The SMILES string of the molecule is O=C(NCc1nc(-c2ccncc2)no1)c1cnc2ccccc2c1C(F)(F)F. The second-order valence-electron chi connectivity index (χ2n) is 5.99. The van der Waals surface area contributed by atoms with E-state index >= 15 is 0 Å². The molecule has 0 atom stereocenters. The van der Waals surface area contributed by atoms with E-state index in [0.717, 1.165) is 6.20 Å². The van der Waals surface area contributed by atoms with Crippen LogP contribution in [-0.4, -0.2) is 26.0 Å². The number of pyridine rings is 2. The Morgan fingerprint density at radius 2 is 1.86 bits per heavy atom. The average Bonchev–Trinajstić information content (AvgIpc) is 3.20. The van der Waals surface area contributed by atoms with Crippen molar-refractivity contribution < 1.29 is 22.5 Å². The molecule has 0 radical (unpaired) electrons. The first-order valence-corrected chi connectivity index (χ1v) is 8.39. The fourth-order valence-electron chi connectivity index (χ4n) is 2.81. The van der Waals surface area contributed by atoms with Gasteiger partial charge in [0.2, 0.25) is 11.7 Å². The van der Waals surface area contributed by atoms with Crippen molar-refractivity contribution in [2.45, 2.75) is 12.7 Å². The Labute approximate surface area is 161 Å². The molecule has 0 unspecified atom stereocenters. The molecule has 0 saturated heterocycles. The normalized spacial score (nSPS) is 11.6. The van der Waals surface area contributed by atoms with Gasteiger partial charge in [-0.2, -0.15) is 18.2 Å². The summed E-state index contributed by atoms with van der Waals surface area (Å²) >= 11 is 0. The third-order valence-corrected chi connectivity index (χ3v) is 4.11. The molecule has 4 rings (SSSR count). The van der Waals surface area contributed by atoms with Crippen molar-refractivity contribution in [2.75, 3.05) is 0 Å². The van der Waals surface area contributed by atoms with Crippen molar-refractivity contribution in [3.63, 3.8) is 0 Å². The van der Waals surface area contributed by atoms with Crippen molar-refractivity contribution in [3.8, 4) is 11.4 Å². The zero-order valence-electron chi connectivity index (χ0n) is 14.6. The predicted molar refractivity (Wildman–Crippen MR) is 95.4 cm³/mol. The highest BCUT2D eigenvalue weighted by Crippen LogP contribution is 2.36. The van der Waals surface area contributed by atoms with Gasteiger partial charge in [0.05, 0.1) is 23.2 Å². The summed E-state index contributed by atoms with van der Waals surface area (Å²) in [6, 6.07) is 9.10. The van der Waals surface area contributed by atoms with Crippen molar-refractivity contribution in [1.82, 2.24) is 25.4 Å². The van der Waals surface area contributed by atoms with Crippen molar-refractivity contribution in [1.29, 1.82) is 0 Å². The molecular weight excluding hydrogens is 387 g/mol. The maximum absolute atomic E-state index is 13.6. The van der Waals surface area contributed by atoms with Crippen LogP contribution in [0.4, 0.5) is 13.2 Å². The number of halogens is 3. The number of fused-ring (bicyclic) bond motifs is 1. The third kappa shape index (κ3) is 3.77. The Kier molecular flexibility index (Phi) is 4.67. The number of benzene rings is 1. The molecule has 1 amide bonds. The number of alkyl halides is 3. The van der Waals surface area contributed by atoms with Crippen LogP contribution in [0.3, 0.4) is 0 Å². The van der Waals surface area contributed by atoms with Crippen molar-refractivity contribution >= 4 is 16.8 Å². The monoisotopic (exact) mass is 399 g/mol. The van der Waals surface area contributed by atoms with E-state index in [1.807, 2.05) is 0 Å². The van der Waals surface area contributed by atoms with E-state index in [-0.39, 0.29) is 29.2 Å². The standard InChI is InChI=1S/C19H12F3N5O2/c20-19(21,22)16-12-3-1-2-4-14(12)24-9-13(16)18(28)25-10-15-26-17(27-29-15)11-5-7-23-8-6-11/h1-9H,10H2,(H,25,28). The van der Waals surface area contributed by atoms with Crippen LogP contribution in [0, 0.1) is 0 Å². The number of aromatic nitrogens is 4. The zero-order chi connectivity index (χ0) is 20.4. The van der Waals surface area contributed by atoms with Crippen LogP contribution in [0.5, 0.6) is 0 Å². The summed E-state index contributed by atoms with van der Waals surface area (Å²) in [5.74, 6) is -0.619. The minimum absolute atomic E-state index is 0.0486. The van der Waals surface area contributed by atoms with Gasteiger partial charge in [-0.15, -0.1) is 0 Å². The van der Waals surface area contributed by atoms with Crippen LogP contribution < -0.4 is 5.32 Å². The predicted octanol–water partition coefficient (Wildman–Crippen LogP) is 3.63. The molecule has 0 spiro atoms. The van der Waals surface area contributed by atoms with Gasteiger partial charge in [-0.05, 0) is 18.2 Å². The molecule has 0 fully saturated rings. The Balaban J connectivity index is 1.58. The average molecular weight is 399 g/mol. The van der Waals surface area contributed by atoms with E-state index in [9.17, 15) is 18.0 Å². The van der Waals surface area contributed by atoms with E-state index in [4.69, 9.17) is 4.52 Å². The summed E-state index contributed by atoms with van der Waals surface area (Å²) in [7, 11) is 0. The van der Waals surface area contributed by atoms with Crippen LogP contribution in [-0.2, 0) is 12.7 Å². The number of amides is 1. The lowest BCUT2D eigenvalue weighted by Gasteiger charge is -2.14. The summed E-state index contributed by atoms with van der Waals surface area (Å²) in [6.07, 6.45) is -0.706. The number of nitrogens with one attached hydrogen (secondary N) is 1. The minimum Gasteiger partial charge on any atom is -0.343 e. The Morgan fingerprint density at radius 1 is 1.10 bits per heavy atom. The van der Waals surface area contributed by atoms with E-state index in [2.05, 4.69) is 25.4 Å². The summed E-state index contributed by atoms with van der Waals surface area (Å²) in [6.45, 7) is -0.235. The van der Waals surface area contributed by atoms with E-state index in [1.165, 1.54) is 18.2 Å². The van der Waals surface area contributed by atoms with Crippen LogP contribution in [0.15, 0.2) is 59.5 Å². The van der Waals surface area contributed by atoms with Gasteiger partial charge in [0.1, 0.15) is 0 Å². The fourth-order valence-corrected chi connectivity index (χ4v) is 2.81. The van der Waals surface area contributed by atoms with Crippen LogP contribution in [0.1, 0.15) is 21.8 Å². The molecular formula is C19H12F3N5O2. The van der Waals surface area contributed by atoms with Gasteiger partial charge in [0.15, 0.2) is 0 Å². The molecule has 0 saturated carbocycles. The number of hydrogen-bond acceptors (Lipinski definition) is 6. The molecule has 0 aliphatic rings. The molecule has 7 nitrogen and oxygen atoms in total. The molecule has 3 aromatic heterocycles. The number of nitrogens with zero attached hydrogens (tertiary/aromatic N) is 4. The molecule has 4 aromatic rings. The number of para-hydroxylation sites is 1. The molecule has 146 valence electrons. The van der Waals surface area contributed by atoms with E-state index in [0.29, 0.717) is 5.56 Å². The number of rotatable bonds is 4. The van der Waals surface area contributed by atoms with Gasteiger partial charge in [-0.1, -0.05) is 23.4 Å². The quantitative estimate of drug-likeness (QED) is 0.563. The summed E-state index contributed by atoms with van der Waals surface area (Å²) in [4.78, 5) is 24.4. The van der Waals surface area contributed by atoms with Crippen LogP contribution in [0.25, 0.3) is 22.3 Å². The lowest BCUT2D eigenvalue weighted by molar-refractivity contribution is -0.136. The molecule has 29 heavy (non-hydrogen) atoms. The summed E-state index contributed by atoms with van der Waals surface area (Å²) < 4.78 is 46.0. The van der Waals surface area contributed by atoms with Gasteiger partial charge in [-0.25, -0.2) is 0 Å². The smallest absolute Gasteiger partial charge is 0.343 e. The van der Waals surface area contributed by atoms with Crippen molar-refractivity contribution in [3.05, 3.63) is 72.0 Å². The van der Waals surface area contributed by atoms with Crippen LogP contribution >= 0.6 is 0 Å². The topological polar surface area (TPSA) is 93.8 Å². The first-order chi connectivity index (χ1) is 13.9. The molecule has 1 aromatic carbocycles. The highest BCUT2D eigenvalue weighted by atomic mass is 19.4. The van der Waals surface area contributed by atoms with Gasteiger partial charge < -0.3 is 9.84 Å². The summed E-state index contributed by atoms with van der Waals surface area (Å²) in [5, 5.41) is 6.00. The maximum atomic E-state index is 13.6. The lowest BCUT2D eigenvalue weighted by Crippen LogP contribution is -2.26. The molecule has 3 heterocycles. The first kappa shape index (κ1) is 18.5. The van der Waals surface area contributed by atoms with Gasteiger partial charge in [0, 0.05) is 29.5 Å². The van der Waals surface area contributed by atoms with Gasteiger partial charge >= 0.3 is 6.18 Å². The molecule has 0 aliphatic heterocycles. The first-order valence-electron chi connectivity index (χ1n) is 8.39.